The molecule has 0 aromatic heterocycles. The van der Waals surface area contributed by atoms with E-state index in [0.29, 0.717) is 5.92 Å². The van der Waals surface area contributed by atoms with Crippen molar-refractivity contribution in [3.05, 3.63) is 29.3 Å². The largest absolute Gasteiger partial charge is 0.384 e. The van der Waals surface area contributed by atoms with Crippen molar-refractivity contribution < 1.29 is 4.79 Å². The zero-order valence-electron chi connectivity index (χ0n) is 10.4. The minimum absolute atomic E-state index is 0.0709. The second kappa shape index (κ2) is 5.22. The first-order chi connectivity index (χ1) is 8.83. The molecule has 4 heteroatoms. The van der Waals surface area contributed by atoms with Gasteiger partial charge in [-0.2, -0.15) is 11.8 Å². The third-order valence-corrected chi connectivity index (χ3v) is 4.88. The summed E-state index contributed by atoms with van der Waals surface area (Å²) < 4.78 is 0. The van der Waals surface area contributed by atoms with Crippen LogP contribution in [-0.2, 0) is 6.42 Å². The summed E-state index contributed by atoms with van der Waals surface area (Å²) in [6.07, 6.45) is 2.26. The Morgan fingerprint density at radius 1 is 1.50 bits per heavy atom. The molecule has 1 aromatic carbocycles. The van der Waals surface area contributed by atoms with Gasteiger partial charge in [0.15, 0.2) is 0 Å². The van der Waals surface area contributed by atoms with Crippen LogP contribution in [0.5, 0.6) is 0 Å². The molecule has 2 N–H and O–H groups in total. The van der Waals surface area contributed by atoms with E-state index in [2.05, 4.69) is 10.6 Å². The Morgan fingerprint density at radius 3 is 3.28 bits per heavy atom. The molecule has 1 fully saturated rings. The lowest BCUT2D eigenvalue weighted by Gasteiger charge is -2.10. The van der Waals surface area contributed by atoms with Crippen molar-refractivity contribution in [2.24, 2.45) is 5.92 Å². The van der Waals surface area contributed by atoms with E-state index in [1.54, 1.807) is 0 Å². The summed E-state index contributed by atoms with van der Waals surface area (Å²) in [6, 6.07) is 5.95. The summed E-state index contributed by atoms with van der Waals surface area (Å²) >= 11 is 1.99. The van der Waals surface area contributed by atoms with Crippen LogP contribution < -0.4 is 10.6 Å². The number of benzene rings is 1. The molecule has 0 bridgehead atoms. The van der Waals surface area contributed by atoms with Crippen LogP contribution in [0.25, 0.3) is 0 Å². The van der Waals surface area contributed by atoms with E-state index in [1.807, 2.05) is 30.0 Å². The molecule has 0 spiro atoms. The maximum absolute atomic E-state index is 12.1. The smallest absolute Gasteiger partial charge is 0.251 e. The van der Waals surface area contributed by atoms with Crippen LogP contribution in [0.4, 0.5) is 5.69 Å². The maximum Gasteiger partial charge on any atom is 0.251 e. The van der Waals surface area contributed by atoms with E-state index in [-0.39, 0.29) is 5.91 Å². The summed E-state index contributed by atoms with van der Waals surface area (Å²) in [4.78, 5) is 12.1. The number of carbonyl (C=O) groups is 1. The molecule has 2 aliphatic rings. The Morgan fingerprint density at radius 2 is 2.44 bits per heavy atom. The highest BCUT2D eigenvalue weighted by Crippen LogP contribution is 2.24. The summed E-state index contributed by atoms with van der Waals surface area (Å²) in [5.74, 6) is 3.16. The zero-order chi connectivity index (χ0) is 12.4. The normalized spacial score (nSPS) is 21.4. The third-order valence-electron chi connectivity index (χ3n) is 3.65. The quantitative estimate of drug-likeness (QED) is 0.877. The average Bonchev–Trinajstić information content (AvgIpc) is 3.05. The molecular formula is C14H18N2OS. The molecule has 0 radical (unpaired) electrons. The molecule has 2 heterocycles. The van der Waals surface area contributed by atoms with Crippen molar-refractivity contribution in [3.8, 4) is 0 Å². The van der Waals surface area contributed by atoms with Gasteiger partial charge in [0.2, 0.25) is 0 Å². The van der Waals surface area contributed by atoms with Crippen LogP contribution >= 0.6 is 11.8 Å². The van der Waals surface area contributed by atoms with Gasteiger partial charge < -0.3 is 10.6 Å². The minimum atomic E-state index is 0.0709. The summed E-state index contributed by atoms with van der Waals surface area (Å²) in [5, 5.41) is 6.37. The number of hydrogen-bond acceptors (Lipinski definition) is 3. The fourth-order valence-electron chi connectivity index (χ4n) is 2.53. The summed E-state index contributed by atoms with van der Waals surface area (Å²) in [6.45, 7) is 1.81. The standard InChI is InChI=1S/C14H18N2OS/c17-14(16-8-10-4-6-18-9-10)12-1-2-13-11(7-12)3-5-15-13/h1-2,7,10,15H,3-6,8-9H2,(H,16,17). The second-order valence-electron chi connectivity index (χ2n) is 4.99. The van der Waals surface area contributed by atoms with Crippen LogP contribution in [0.1, 0.15) is 22.3 Å². The Bertz CT molecular complexity index is 455. The SMILES string of the molecule is O=C(NCC1CCSC1)c1ccc2c(c1)CCN2. The van der Waals surface area contributed by atoms with Gasteiger partial charge in [-0.3, -0.25) is 4.79 Å². The van der Waals surface area contributed by atoms with Crippen LogP contribution in [0.15, 0.2) is 18.2 Å². The van der Waals surface area contributed by atoms with Gasteiger partial charge in [-0.05, 0) is 54.0 Å². The van der Waals surface area contributed by atoms with Crippen LogP contribution in [0.3, 0.4) is 0 Å². The number of fused-ring (bicyclic) bond motifs is 1. The number of carbonyl (C=O) groups excluding carboxylic acids is 1. The highest BCUT2D eigenvalue weighted by atomic mass is 32.2. The minimum Gasteiger partial charge on any atom is -0.384 e. The van der Waals surface area contributed by atoms with Crippen LogP contribution in [-0.4, -0.2) is 30.5 Å². The van der Waals surface area contributed by atoms with E-state index < -0.39 is 0 Å². The van der Waals surface area contributed by atoms with Gasteiger partial charge in [-0.1, -0.05) is 0 Å². The van der Waals surface area contributed by atoms with Crippen molar-refractivity contribution in [1.29, 1.82) is 0 Å². The van der Waals surface area contributed by atoms with Gasteiger partial charge in [0.1, 0.15) is 0 Å². The fraction of sp³-hybridized carbons (Fsp3) is 0.500. The van der Waals surface area contributed by atoms with Gasteiger partial charge in [0.25, 0.3) is 5.91 Å². The number of nitrogens with one attached hydrogen (secondary N) is 2. The highest BCUT2D eigenvalue weighted by molar-refractivity contribution is 7.99. The molecule has 1 aromatic rings. The van der Waals surface area contributed by atoms with Crippen molar-refractivity contribution >= 4 is 23.4 Å². The van der Waals surface area contributed by atoms with Crippen molar-refractivity contribution in [3.63, 3.8) is 0 Å². The molecule has 0 saturated carbocycles. The lowest BCUT2D eigenvalue weighted by atomic mass is 10.1. The Balaban J connectivity index is 1.61. The van der Waals surface area contributed by atoms with Crippen molar-refractivity contribution in [2.75, 3.05) is 29.9 Å². The predicted octanol–water partition coefficient (Wildman–Crippen LogP) is 2.14. The van der Waals surface area contributed by atoms with E-state index in [1.165, 1.54) is 29.2 Å². The molecule has 0 aliphatic carbocycles. The zero-order valence-corrected chi connectivity index (χ0v) is 11.2. The van der Waals surface area contributed by atoms with E-state index in [4.69, 9.17) is 0 Å². The Kier molecular flexibility index (Phi) is 3.46. The summed E-state index contributed by atoms with van der Waals surface area (Å²) in [7, 11) is 0. The molecule has 1 atom stereocenters. The maximum atomic E-state index is 12.1. The monoisotopic (exact) mass is 262 g/mol. The predicted molar refractivity (Wildman–Crippen MR) is 76.4 cm³/mol. The van der Waals surface area contributed by atoms with Gasteiger partial charge in [-0.25, -0.2) is 0 Å². The van der Waals surface area contributed by atoms with E-state index in [0.717, 1.165) is 25.1 Å². The molecule has 3 nitrogen and oxygen atoms in total. The first-order valence-corrected chi connectivity index (χ1v) is 7.71. The Labute approximate surface area is 112 Å². The van der Waals surface area contributed by atoms with Gasteiger partial charge in [0.05, 0.1) is 0 Å². The van der Waals surface area contributed by atoms with E-state index >= 15 is 0 Å². The molecular weight excluding hydrogens is 244 g/mol. The highest BCUT2D eigenvalue weighted by Gasteiger charge is 2.17. The van der Waals surface area contributed by atoms with Crippen molar-refractivity contribution in [2.45, 2.75) is 12.8 Å². The van der Waals surface area contributed by atoms with Crippen molar-refractivity contribution in [1.82, 2.24) is 5.32 Å². The van der Waals surface area contributed by atoms with Crippen LogP contribution in [0.2, 0.25) is 0 Å². The van der Waals surface area contributed by atoms with Gasteiger partial charge in [-0.15, -0.1) is 0 Å². The first-order valence-electron chi connectivity index (χ1n) is 6.55. The molecule has 1 saturated heterocycles. The molecule has 1 unspecified atom stereocenters. The third kappa shape index (κ3) is 2.48. The molecule has 18 heavy (non-hydrogen) atoms. The average molecular weight is 262 g/mol. The summed E-state index contributed by atoms with van der Waals surface area (Å²) in [5.41, 5.74) is 3.24. The Hall–Kier alpha value is -1.16. The van der Waals surface area contributed by atoms with Gasteiger partial charge >= 0.3 is 0 Å². The van der Waals surface area contributed by atoms with Gasteiger partial charge in [0, 0.05) is 24.3 Å². The fourth-order valence-corrected chi connectivity index (χ4v) is 3.81. The lowest BCUT2D eigenvalue weighted by Crippen LogP contribution is -2.29. The molecule has 3 rings (SSSR count). The van der Waals surface area contributed by atoms with E-state index in [9.17, 15) is 4.79 Å². The molecule has 1 amide bonds. The number of hydrogen-bond donors (Lipinski definition) is 2. The number of anilines is 1. The number of thioether (sulfide) groups is 1. The topological polar surface area (TPSA) is 41.1 Å². The lowest BCUT2D eigenvalue weighted by molar-refractivity contribution is 0.0948. The number of rotatable bonds is 3. The number of amides is 1. The second-order valence-corrected chi connectivity index (χ2v) is 6.14. The first kappa shape index (κ1) is 11.9. The molecule has 96 valence electrons. The molecule has 2 aliphatic heterocycles. The van der Waals surface area contributed by atoms with Crippen LogP contribution in [0, 0.1) is 5.92 Å².